The van der Waals surface area contributed by atoms with Crippen molar-refractivity contribution in [1.82, 2.24) is 10.6 Å². The van der Waals surface area contributed by atoms with Crippen molar-refractivity contribution in [3.63, 3.8) is 0 Å². The molecule has 0 aliphatic carbocycles. The van der Waals surface area contributed by atoms with Crippen molar-refractivity contribution in [2.24, 2.45) is 0 Å². The minimum atomic E-state index is -0.652. The normalized spacial score (nSPS) is 10.0. The Hall–Kier alpha value is -3.42. The number of carbonyl (C=O) groups is 3. The maximum Gasteiger partial charge on any atom is 0.315 e. The average molecular weight is 372 g/mol. The van der Waals surface area contributed by atoms with E-state index in [1.807, 2.05) is 31.2 Å². The molecule has 2 aromatic carbocycles. The first-order valence-corrected chi connectivity index (χ1v) is 8.27. The van der Waals surface area contributed by atoms with Crippen molar-refractivity contribution in [3.8, 4) is 0 Å². The number of benzene rings is 2. The number of carbonyl (C=O) groups excluding carboxylic acids is 3. The number of halogens is 1. The van der Waals surface area contributed by atoms with E-state index in [9.17, 15) is 18.8 Å². The second kappa shape index (κ2) is 9.33. The first-order chi connectivity index (χ1) is 12.8. The van der Waals surface area contributed by atoms with Crippen LogP contribution in [-0.2, 0) is 16.1 Å². The van der Waals surface area contributed by atoms with Gasteiger partial charge in [-0.3, -0.25) is 9.59 Å². The number of hydrogen-bond acceptors (Lipinski definition) is 3. The van der Waals surface area contributed by atoms with Crippen molar-refractivity contribution in [1.29, 1.82) is 0 Å². The van der Waals surface area contributed by atoms with E-state index < -0.39 is 17.8 Å². The van der Waals surface area contributed by atoms with Gasteiger partial charge in [0.1, 0.15) is 5.82 Å². The van der Waals surface area contributed by atoms with Gasteiger partial charge in [-0.1, -0.05) is 29.8 Å². The smallest absolute Gasteiger partial charge is 0.315 e. The topological polar surface area (TPSA) is 99.3 Å². The number of amides is 4. The molecule has 2 rings (SSSR count). The van der Waals surface area contributed by atoms with Gasteiger partial charge in [0.05, 0.1) is 12.2 Å². The van der Waals surface area contributed by atoms with Gasteiger partial charge in [-0.25, -0.2) is 9.18 Å². The third-order valence-corrected chi connectivity index (χ3v) is 3.54. The second-order valence-electron chi connectivity index (χ2n) is 5.95. The van der Waals surface area contributed by atoms with Crippen molar-refractivity contribution < 1.29 is 18.8 Å². The number of urea groups is 1. The van der Waals surface area contributed by atoms with Gasteiger partial charge in [0, 0.05) is 19.2 Å². The summed E-state index contributed by atoms with van der Waals surface area (Å²) in [5, 5.41) is 9.87. The van der Waals surface area contributed by atoms with E-state index in [2.05, 4.69) is 21.3 Å². The zero-order chi connectivity index (χ0) is 19.8. The van der Waals surface area contributed by atoms with Gasteiger partial charge >= 0.3 is 6.03 Å². The van der Waals surface area contributed by atoms with Crippen molar-refractivity contribution in [2.75, 3.05) is 17.2 Å². The molecule has 0 atom stereocenters. The quantitative estimate of drug-likeness (QED) is 0.627. The van der Waals surface area contributed by atoms with Crippen LogP contribution in [0.2, 0.25) is 0 Å². The van der Waals surface area contributed by atoms with Gasteiger partial charge in [0.15, 0.2) is 0 Å². The van der Waals surface area contributed by atoms with Crippen molar-refractivity contribution in [3.05, 3.63) is 59.4 Å². The van der Waals surface area contributed by atoms with Crippen LogP contribution in [0.15, 0.2) is 42.5 Å². The molecule has 4 amide bonds. The number of anilines is 2. The fourth-order valence-electron chi connectivity index (χ4n) is 2.21. The lowest BCUT2D eigenvalue weighted by Gasteiger charge is -2.10. The molecule has 0 bridgehead atoms. The van der Waals surface area contributed by atoms with E-state index in [0.717, 1.165) is 17.2 Å². The maximum absolute atomic E-state index is 13.8. The molecule has 27 heavy (non-hydrogen) atoms. The van der Waals surface area contributed by atoms with Gasteiger partial charge in [0.25, 0.3) is 0 Å². The molecule has 0 unspecified atom stereocenters. The Morgan fingerprint density at radius 1 is 0.963 bits per heavy atom. The molecule has 0 aliphatic heterocycles. The van der Waals surface area contributed by atoms with Crippen LogP contribution < -0.4 is 21.3 Å². The van der Waals surface area contributed by atoms with Crippen LogP contribution in [0.5, 0.6) is 0 Å². The van der Waals surface area contributed by atoms with Crippen LogP contribution in [0.25, 0.3) is 0 Å². The summed E-state index contributed by atoms with van der Waals surface area (Å²) in [7, 11) is 0. The van der Waals surface area contributed by atoms with E-state index in [-0.39, 0.29) is 18.1 Å². The summed E-state index contributed by atoms with van der Waals surface area (Å²) in [4.78, 5) is 34.7. The second-order valence-corrected chi connectivity index (χ2v) is 5.95. The minimum absolute atomic E-state index is 0.0897. The van der Waals surface area contributed by atoms with Crippen molar-refractivity contribution in [2.45, 2.75) is 20.4 Å². The molecule has 7 nitrogen and oxygen atoms in total. The van der Waals surface area contributed by atoms with Crippen LogP contribution in [0.4, 0.5) is 20.6 Å². The number of nitrogens with one attached hydrogen (secondary N) is 4. The number of hydrogen-bond donors (Lipinski definition) is 4. The first kappa shape index (κ1) is 19.9. The van der Waals surface area contributed by atoms with Gasteiger partial charge in [-0.15, -0.1) is 0 Å². The summed E-state index contributed by atoms with van der Waals surface area (Å²) >= 11 is 0. The van der Waals surface area contributed by atoms with Gasteiger partial charge < -0.3 is 21.3 Å². The molecule has 8 heteroatoms. The summed E-state index contributed by atoms with van der Waals surface area (Å²) in [6.45, 7) is 3.28. The summed E-state index contributed by atoms with van der Waals surface area (Å²) in [6, 6.07) is 11.0. The molecule has 0 aliphatic rings. The largest absolute Gasteiger partial charge is 0.334 e. The van der Waals surface area contributed by atoms with Crippen LogP contribution in [0.3, 0.4) is 0 Å². The van der Waals surface area contributed by atoms with Crippen molar-refractivity contribution >= 4 is 29.2 Å². The molecule has 0 heterocycles. The van der Waals surface area contributed by atoms with E-state index in [4.69, 9.17) is 0 Å². The minimum Gasteiger partial charge on any atom is -0.334 e. The van der Waals surface area contributed by atoms with Crippen LogP contribution in [0, 0.1) is 12.7 Å². The summed E-state index contributed by atoms with van der Waals surface area (Å²) in [5.74, 6) is -1.56. The molecule has 0 aromatic heterocycles. The summed E-state index contributed by atoms with van der Waals surface area (Å²) in [6.07, 6.45) is 0. The zero-order valence-corrected chi connectivity index (χ0v) is 15.1. The Morgan fingerprint density at radius 3 is 2.33 bits per heavy atom. The standard InChI is InChI=1S/C19H21FN4O3/c1-12-3-5-14(6-4-12)10-21-19(27)22-11-18(26)24-17-9-15(23-13(2)25)7-8-16(17)20/h3-9H,10-11H2,1-2H3,(H,23,25)(H,24,26)(H2,21,22,27). The fourth-order valence-corrected chi connectivity index (χ4v) is 2.21. The number of aryl methyl sites for hydroxylation is 1. The fraction of sp³-hybridized carbons (Fsp3) is 0.211. The highest BCUT2D eigenvalue weighted by Gasteiger charge is 2.10. The third-order valence-electron chi connectivity index (χ3n) is 3.54. The molecular weight excluding hydrogens is 351 g/mol. The first-order valence-electron chi connectivity index (χ1n) is 8.27. The van der Waals surface area contributed by atoms with Crippen LogP contribution in [-0.4, -0.2) is 24.4 Å². The Morgan fingerprint density at radius 2 is 1.67 bits per heavy atom. The van der Waals surface area contributed by atoms with Crippen LogP contribution in [0.1, 0.15) is 18.1 Å². The molecule has 0 saturated heterocycles. The average Bonchev–Trinajstić information content (AvgIpc) is 2.62. The summed E-state index contributed by atoms with van der Waals surface area (Å²) < 4.78 is 13.8. The molecule has 0 radical (unpaired) electrons. The zero-order valence-electron chi connectivity index (χ0n) is 15.1. The lowest BCUT2D eigenvalue weighted by Crippen LogP contribution is -2.39. The van der Waals surface area contributed by atoms with Gasteiger partial charge in [-0.2, -0.15) is 0 Å². The van der Waals surface area contributed by atoms with Crippen LogP contribution >= 0.6 is 0 Å². The molecular formula is C19H21FN4O3. The predicted molar refractivity (Wildman–Crippen MR) is 101 cm³/mol. The Bertz CT molecular complexity index is 837. The molecule has 0 spiro atoms. The predicted octanol–water partition coefficient (Wildman–Crippen LogP) is 2.53. The highest BCUT2D eigenvalue weighted by atomic mass is 19.1. The molecule has 142 valence electrons. The maximum atomic E-state index is 13.8. The molecule has 0 saturated carbocycles. The number of rotatable bonds is 6. The highest BCUT2D eigenvalue weighted by molar-refractivity contribution is 5.95. The third kappa shape index (κ3) is 6.77. The lowest BCUT2D eigenvalue weighted by molar-refractivity contribution is -0.115. The Labute approximate surface area is 156 Å². The van der Waals surface area contributed by atoms with E-state index in [1.54, 1.807) is 0 Å². The van der Waals surface area contributed by atoms with E-state index in [0.29, 0.717) is 12.2 Å². The SMILES string of the molecule is CC(=O)Nc1ccc(F)c(NC(=O)CNC(=O)NCc2ccc(C)cc2)c1. The molecule has 0 fully saturated rings. The monoisotopic (exact) mass is 372 g/mol. The summed E-state index contributed by atoms with van der Waals surface area (Å²) in [5.41, 5.74) is 2.31. The molecule has 2 aromatic rings. The van der Waals surface area contributed by atoms with E-state index >= 15 is 0 Å². The molecule has 4 N–H and O–H groups in total. The van der Waals surface area contributed by atoms with E-state index in [1.165, 1.54) is 19.1 Å². The Balaban J connectivity index is 1.80. The lowest BCUT2D eigenvalue weighted by atomic mass is 10.1. The van der Waals surface area contributed by atoms with Gasteiger partial charge in [-0.05, 0) is 30.7 Å². The highest BCUT2D eigenvalue weighted by Crippen LogP contribution is 2.19. The Kier molecular flexibility index (Phi) is 6.87. The van der Waals surface area contributed by atoms with Gasteiger partial charge in [0.2, 0.25) is 11.8 Å².